The summed E-state index contributed by atoms with van der Waals surface area (Å²) in [5.41, 5.74) is 0. The van der Waals surface area contributed by atoms with Crippen molar-refractivity contribution in [2.75, 3.05) is 18.5 Å². The molecule has 84 valence electrons. The van der Waals surface area contributed by atoms with Crippen molar-refractivity contribution >= 4 is 21.7 Å². The Balaban J connectivity index is 2.37. The highest BCUT2D eigenvalue weighted by molar-refractivity contribution is 9.10. The van der Waals surface area contributed by atoms with E-state index in [9.17, 15) is 0 Å². The highest BCUT2D eigenvalue weighted by Crippen LogP contribution is 2.11. The van der Waals surface area contributed by atoms with Crippen LogP contribution in [-0.2, 0) is 4.74 Å². The van der Waals surface area contributed by atoms with Crippen LogP contribution in [0.1, 0.15) is 19.7 Å². The molecule has 1 aromatic rings. The van der Waals surface area contributed by atoms with Gasteiger partial charge in [-0.15, -0.1) is 0 Å². The fourth-order valence-corrected chi connectivity index (χ4v) is 1.57. The molecule has 0 aliphatic rings. The first-order chi connectivity index (χ1) is 7.08. The van der Waals surface area contributed by atoms with Gasteiger partial charge >= 0.3 is 0 Å². The van der Waals surface area contributed by atoms with Crippen molar-refractivity contribution in [2.24, 2.45) is 0 Å². The van der Waals surface area contributed by atoms with Gasteiger partial charge < -0.3 is 10.1 Å². The maximum Gasteiger partial charge on any atom is 0.130 e. The molecule has 4 nitrogen and oxygen atoms in total. The molecule has 0 atom stereocenters. The predicted molar refractivity (Wildman–Crippen MR) is 64.0 cm³/mol. The highest BCUT2D eigenvalue weighted by atomic mass is 79.9. The quantitative estimate of drug-likeness (QED) is 0.661. The van der Waals surface area contributed by atoms with Crippen LogP contribution in [0.25, 0.3) is 0 Å². The molecule has 1 heterocycles. The first kappa shape index (κ1) is 12.4. The van der Waals surface area contributed by atoms with E-state index in [4.69, 9.17) is 4.74 Å². The number of nitrogens with one attached hydrogen (secondary N) is 1. The lowest BCUT2D eigenvalue weighted by molar-refractivity contribution is 0.0870. The third-order valence-electron chi connectivity index (χ3n) is 1.67. The van der Waals surface area contributed by atoms with Crippen LogP contribution in [0.5, 0.6) is 0 Å². The summed E-state index contributed by atoms with van der Waals surface area (Å²) in [7, 11) is 0. The number of rotatable bonds is 5. The Morgan fingerprint density at radius 2 is 2.20 bits per heavy atom. The van der Waals surface area contributed by atoms with E-state index in [1.807, 2.05) is 26.8 Å². The number of hydrogen-bond acceptors (Lipinski definition) is 4. The Bertz CT molecular complexity index is 297. The molecule has 5 heteroatoms. The molecular formula is C10H16BrN3O. The van der Waals surface area contributed by atoms with Gasteiger partial charge in [0, 0.05) is 12.6 Å². The zero-order chi connectivity index (χ0) is 11.3. The van der Waals surface area contributed by atoms with Gasteiger partial charge in [0.05, 0.1) is 12.7 Å². The van der Waals surface area contributed by atoms with Crippen LogP contribution in [0.4, 0.5) is 5.82 Å². The van der Waals surface area contributed by atoms with Crippen LogP contribution in [-0.4, -0.2) is 29.2 Å². The second kappa shape index (κ2) is 6.02. The number of ether oxygens (including phenoxy) is 1. The normalized spacial score (nSPS) is 10.7. The van der Waals surface area contributed by atoms with Gasteiger partial charge in [0.2, 0.25) is 0 Å². The van der Waals surface area contributed by atoms with Gasteiger partial charge in [0.25, 0.3) is 0 Å². The summed E-state index contributed by atoms with van der Waals surface area (Å²) >= 11 is 3.32. The van der Waals surface area contributed by atoms with Gasteiger partial charge in [-0.1, -0.05) is 0 Å². The summed E-state index contributed by atoms with van der Waals surface area (Å²) in [5.74, 6) is 1.57. The molecular weight excluding hydrogens is 258 g/mol. The third-order valence-corrected chi connectivity index (χ3v) is 2.07. The molecule has 0 saturated carbocycles. The average molecular weight is 274 g/mol. The van der Waals surface area contributed by atoms with Crippen molar-refractivity contribution in [1.82, 2.24) is 9.97 Å². The standard InChI is InChI=1S/C10H16BrN3O/c1-7(2)15-5-4-12-10-6-9(11)13-8(3)14-10/h6-7H,4-5H2,1-3H3,(H,12,13,14). The SMILES string of the molecule is Cc1nc(Br)cc(NCCOC(C)C)n1. The van der Waals surface area contributed by atoms with E-state index in [-0.39, 0.29) is 6.10 Å². The van der Waals surface area contributed by atoms with E-state index >= 15 is 0 Å². The first-order valence-electron chi connectivity index (χ1n) is 4.94. The molecule has 0 saturated heterocycles. The minimum absolute atomic E-state index is 0.269. The topological polar surface area (TPSA) is 47.0 Å². The van der Waals surface area contributed by atoms with Gasteiger partial charge in [-0.25, -0.2) is 9.97 Å². The van der Waals surface area contributed by atoms with Crippen LogP contribution < -0.4 is 5.32 Å². The predicted octanol–water partition coefficient (Wildman–Crippen LogP) is 2.38. The average Bonchev–Trinajstić information content (AvgIpc) is 2.10. The second-order valence-corrected chi connectivity index (χ2v) is 4.28. The summed E-state index contributed by atoms with van der Waals surface area (Å²) in [5, 5.41) is 3.18. The number of aromatic nitrogens is 2. The summed E-state index contributed by atoms with van der Waals surface area (Å²) < 4.78 is 6.20. The third kappa shape index (κ3) is 5.09. The molecule has 1 N–H and O–H groups in total. The van der Waals surface area contributed by atoms with E-state index in [0.29, 0.717) is 6.61 Å². The zero-order valence-corrected chi connectivity index (χ0v) is 10.8. The Hall–Kier alpha value is -0.680. The van der Waals surface area contributed by atoms with Crippen molar-refractivity contribution in [3.05, 3.63) is 16.5 Å². The molecule has 0 amide bonds. The lowest BCUT2D eigenvalue weighted by Gasteiger charge is -2.09. The Labute approximate surface area is 98.6 Å². The lowest BCUT2D eigenvalue weighted by Crippen LogP contribution is -2.14. The van der Waals surface area contributed by atoms with Crippen LogP contribution in [0.3, 0.4) is 0 Å². The van der Waals surface area contributed by atoms with E-state index in [1.165, 1.54) is 0 Å². The number of nitrogens with zero attached hydrogens (tertiary/aromatic N) is 2. The van der Waals surface area contributed by atoms with Gasteiger partial charge in [0.15, 0.2) is 0 Å². The summed E-state index contributed by atoms with van der Waals surface area (Å²) in [6.07, 6.45) is 0.269. The first-order valence-corrected chi connectivity index (χ1v) is 5.74. The van der Waals surface area contributed by atoms with Crippen molar-refractivity contribution in [3.8, 4) is 0 Å². The molecule has 0 aromatic carbocycles. The van der Waals surface area contributed by atoms with E-state index in [2.05, 4.69) is 31.2 Å². The monoisotopic (exact) mass is 273 g/mol. The van der Waals surface area contributed by atoms with Gasteiger partial charge in [-0.3, -0.25) is 0 Å². The van der Waals surface area contributed by atoms with Crippen molar-refractivity contribution in [2.45, 2.75) is 26.9 Å². The van der Waals surface area contributed by atoms with Gasteiger partial charge in [-0.2, -0.15) is 0 Å². The smallest absolute Gasteiger partial charge is 0.130 e. The van der Waals surface area contributed by atoms with Crippen molar-refractivity contribution in [3.63, 3.8) is 0 Å². The number of hydrogen-bond donors (Lipinski definition) is 1. The maximum absolute atomic E-state index is 5.41. The molecule has 1 rings (SSSR count). The Morgan fingerprint density at radius 1 is 1.47 bits per heavy atom. The molecule has 0 aliphatic heterocycles. The number of aryl methyl sites for hydroxylation is 1. The molecule has 1 aromatic heterocycles. The molecule has 0 unspecified atom stereocenters. The van der Waals surface area contributed by atoms with Crippen LogP contribution >= 0.6 is 15.9 Å². The molecule has 0 fully saturated rings. The van der Waals surface area contributed by atoms with Crippen molar-refractivity contribution in [1.29, 1.82) is 0 Å². The molecule has 15 heavy (non-hydrogen) atoms. The fraction of sp³-hybridized carbons (Fsp3) is 0.600. The van der Waals surface area contributed by atoms with Crippen LogP contribution in [0.2, 0.25) is 0 Å². The van der Waals surface area contributed by atoms with Crippen LogP contribution in [0, 0.1) is 6.92 Å². The van der Waals surface area contributed by atoms with E-state index in [0.717, 1.165) is 22.8 Å². The summed E-state index contributed by atoms with van der Waals surface area (Å²) in [6, 6.07) is 1.85. The Kier molecular flexibility index (Phi) is 4.98. The van der Waals surface area contributed by atoms with Crippen LogP contribution in [0.15, 0.2) is 10.7 Å². The number of halogens is 1. The Morgan fingerprint density at radius 3 is 2.80 bits per heavy atom. The molecule has 0 aliphatic carbocycles. The fourth-order valence-electron chi connectivity index (χ4n) is 1.10. The molecule has 0 bridgehead atoms. The van der Waals surface area contributed by atoms with Gasteiger partial charge in [0.1, 0.15) is 16.2 Å². The minimum atomic E-state index is 0.269. The van der Waals surface area contributed by atoms with E-state index < -0.39 is 0 Å². The highest BCUT2D eigenvalue weighted by Gasteiger charge is 1.99. The summed E-state index contributed by atoms with van der Waals surface area (Å²) in [6.45, 7) is 7.33. The van der Waals surface area contributed by atoms with Crippen molar-refractivity contribution < 1.29 is 4.74 Å². The minimum Gasteiger partial charge on any atom is -0.377 e. The van der Waals surface area contributed by atoms with E-state index in [1.54, 1.807) is 0 Å². The number of anilines is 1. The zero-order valence-electron chi connectivity index (χ0n) is 9.25. The maximum atomic E-state index is 5.41. The largest absolute Gasteiger partial charge is 0.377 e. The summed E-state index contributed by atoms with van der Waals surface area (Å²) in [4.78, 5) is 8.37. The van der Waals surface area contributed by atoms with Gasteiger partial charge in [-0.05, 0) is 36.7 Å². The molecule has 0 radical (unpaired) electrons. The lowest BCUT2D eigenvalue weighted by atomic mass is 10.5. The second-order valence-electron chi connectivity index (χ2n) is 3.47. The molecule has 0 spiro atoms.